The largest absolute Gasteiger partial charge is 0.482 e. The third kappa shape index (κ3) is 3.74. The Kier molecular flexibility index (Phi) is 4.51. The highest BCUT2D eigenvalue weighted by Gasteiger charge is 2.44. The number of nitrogens with one attached hydrogen (secondary N) is 1. The third-order valence-corrected chi connectivity index (χ3v) is 4.20. The molecule has 1 fully saturated rings. The number of hydrogen-bond donors (Lipinski definition) is 2. The molecule has 1 amide bonds. The minimum absolute atomic E-state index is 0.00837. The monoisotopic (exact) mass is 325 g/mol. The Morgan fingerprint density at radius 1 is 1.17 bits per heavy atom. The van der Waals surface area contributed by atoms with Crippen LogP contribution in [0.1, 0.15) is 23.5 Å². The lowest BCUT2D eigenvalue weighted by atomic mass is 10.0. The molecule has 1 aliphatic rings. The van der Waals surface area contributed by atoms with Crippen molar-refractivity contribution in [3.05, 3.63) is 59.7 Å². The number of rotatable bonds is 6. The van der Waals surface area contributed by atoms with Gasteiger partial charge in [-0.15, -0.1) is 0 Å². The average molecular weight is 325 g/mol. The number of aliphatic carboxylic acids is 1. The highest BCUT2D eigenvalue weighted by Crippen LogP contribution is 2.48. The lowest BCUT2D eigenvalue weighted by molar-refractivity contribution is -0.139. The SMILES string of the molecule is Cc1ccccc1C1CC1C(=O)Nc1ccc(OCC(=O)O)cc1. The van der Waals surface area contributed by atoms with Crippen LogP contribution in [0, 0.1) is 12.8 Å². The first-order valence-electron chi connectivity index (χ1n) is 7.85. The van der Waals surface area contributed by atoms with Crippen molar-refractivity contribution >= 4 is 17.6 Å². The van der Waals surface area contributed by atoms with Gasteiger partial charge >= 0.3 is 5.97 Å². The first kappa shape index (κ1) is 16.1. The smallest absolute Gasteiger partial charge is 0.341 e. The maximum atomic E-state index is 12.3. The van der Waals surface area contributed by atoms with Gasteiger partial charge < -0.3 is 15.2 Å². The fourth-order valence-corrected chi connectivity index (χ4v) is 2.85. The maximum Gasteiger partial charge on any atom is 0.341 e. The quantitative estimate of drug-likeness (QED) is 0.855. The van der Waals surface area contributed by atoms with Gasteiger partial charge in [-0.05, 0) is 54.7 Å². The predicted octanol–water partition coefficient (Wildman–Crippen LogP) is 3.20. The molecular weight excluding hydrogens is 306 g/mol. The number of carboxylic acid groups (broad SMARTS) is 1. The summed E-state index contributed by atoms with van der Waals surface area (Å²) >= 11 is 0. The summed E-state index contributed by atoms with van der Waals surface area (Å²) in [6.45, 7) is 1.68. The molecule has 2 N–H and O–H groups in total. The van der Waals surface area contributed by atoms with Gasteiger partial charge in [-0.3, -0.25) is 4.79 Å². The van der Waals surface area contributed by atoms with E-state index in [0.717, 1.165) is 6.42 Å². The molecule has 3 rings (SSSR count). The number of ether oxygens (including phenoxy) is 1. The van der Waals surface area contributed by atoms with Crippen LogP contribution in [0.2, 0.25) is 0 Å². The van der Waals surface area contributed by atoms with Gasteiger partial charge in [0.15, 0.2) is 6.61 Å². The van der Waals surface area contributed by atoms with Gasteiger partial charge in [0.25, 0.3) is 0 Å². The van der Waals surface area contributed by atoms with E-state index in [-0.39, 0.29) is 18.4 Å². The second-order valence-corrected chi connectivity index (χ2v) is 6.00. The Labute approximate surface area is 140 Å². The van der Waals surface area contributed by atoms with Crippen molar-refractivity contribution in [2.45, 2.75) is 19.3 Å². The van der Waals surface area contributed by atoms with Crippen LogP contribution >= 0.6 is 0 Å². The van der Waals surface area contributed by atoms with Gasteiger partial charge in [0.05, 0.1) is 0 Å². The molecule has 2 unspecified atom stereocenters. The van der Waals surface area contributed by atoms with E-state index in [4.69, 9.17) is 9.84 Å². The van der Waals surface area contributed by atoms with E-state index >= 15 is 0 Å². The van der Waals surface area contributed by atoms with E-state index in [2.05, 4.69) is 24.4 Å². The van der Waals surface area contributed by atoms with Crippen LogP contribution in [-0.2, 0) is 9.59 Å². The molecule has 0 radical (unpaired) electrons. The molecule has 0 aromatic heterocycles. The molecule has 2 aromatic rings. The number of anilines is 1. The summed E-state index contributed by atoms with van der Waals surface area (Å²) in [6.07, 6.45) is 0.872. The molecule has 2 atom stereocenters. The first-order chi connectivity index (χ1) is 11.5. The van der Waals surface area contributed by atoms with Crippen LogP contribution in [0.3, 0.4) is 0 Å². The second-order valence-electron chi connectivity index (χ2n) is 6.00. The van der Waals surface area contributed by atoms with E-state index in [1.165, 1.54) is 11.1 Å². The highest BCUT2D eigenvalue weighted by molar-refractivity contribution is 5.95. The van der Waals surface area contributed by atoms with Crippen molar-refractivity contribution in [1.82, 2.24) is 0 Å². The minimum atomic E-state index is -1.02. The zero-order valence-electron chi connectivity index (χ0n) is 13.4. The number of carboxylic acids is 1. The number of benzene rings is 2. The van der Waals surface area contributed by atoms with Crippen molar-refractivity contribution in [1.29, 1.82) is 0 Å². The number of aryl methyl sites for hydroxylation is 1. The fourth-order valence-electron chi connectivity index (χ4n) is 2.85. The number of carbonyl (C=O) groups is 2. The fraction of sp³-hybridized carbons (Fsp3) is 0.263. The molecule has 2 aromatic carbocycles. The van der Waals surface area contributed by atoms with Crippen LogP contribution < -0.4 is 10.1 Å². The van der Waals surface area contributed by atoms with Crippen molar-refractivity contribution in [2.75, 3.05) is 11.9 Å². The van der Waals surface area contributed by atoms with Gasteiger partial charge in [0.1, 0.15) is 5.75 Å². The Balaban J connectivity index is 1.56. The Hall–Kier alpha value is -2.82. The van der Waals surface area contributed by atoms with E-state index in [9.17, 15) is 9.59 Å². The minimum Gasteiger partial charge on any atom is -0.482 e. The summed E-state index contributed by atoms with van der Waals surface area (Å²) in [7, 11) is 0. The summed E-state index contributed by atoms with van der Waals surface area (Å²) in [6, 6.07) is 14.9. The van der Waals surface area contributed by atoms with Crippen LogP contribution in [0.4, 0.5) is 5.69 Å². The zero-order chi connectivity index (χ0) is 17.1. The van der Waals surface area contributed by atoms with Gasteiger partial charge in [-0.2, -0.15) is 0 Å². The maximum absolute atomic E-state index is 12.3. The van der Waals surface area contributed by atoms with Crippen LogP contribution in [-0.4, -0.2) is 23.6 Å². The van der Waals surface area contributed by atoms with Crippen molar-refractivity contribution in [3.8, 4) is 5.75 Å². The summed E-state index contributed by atoms with van der Waals surface area (Å²) in [5.74, 6) is -0.246. The summed E-state index contributed by atoms with van der Waals surface area (Å²) in [5.41, 5.74) is 3.14. The molecule has 0 saturated heterocycles. The van der Waals surface area contributed by atoms with E-state index in [1.807, 2.05) is 12.1 Å². The van der Waals surface area contributed by atoms with Gasteiger partial charge in [-0.1, -0.05) is 24.3 Å². The molecular formula is C19H19NO4. The lowest BCUT2D eigenvalue weighted by Gasteiger charge is -2.08. The van der Waals surface area contributed by atoms with Gasteiger partial charge in [-0.25, -0.2) is 4.79 Å². The number of hydrogen-bond acceptors (Lipinski definition) is 3. The topological polar surface area (TPSA) is 75.6 Å². The molecule has 24 heavy (non-hydrogen) atoms. The van der Waals surface area contributed by atoms with Crippen molar-refractivity contribution in [2.24, 2.45) is 5.92 Å². The van der Waals surface area contributed by atoms with Gasteiger partial charge in [0, 0.05) is 11.6 Å². The zero-order valence-corrected chi connectivity index (χ0v) is 13.4. The molecule has 0 bridgehead atoms. The lowest BCUT2D eigenvalue weighted by Crippen LogP contribution is -2.14. The summed E-state index contributed by atoms with van der Waals surface area (Å²) < 4.78 is 5.06. The highest BCUT2D eigenvalue weighted by atomic mass is 16.5. The normalized spacial score (nSPS) is 18.7. The number of carbonyl (C=O) groups excluding carboxylic acids is 1. The molecule has 5 nitrogen and oxygen atoms in total. The third-order valence-electron chi connectivity index (χ3n) is 4.20. The standard InChI is InChI=1S/C19H19NO4/c1-12-4-2-3-5-15(12)16-10-17(16)19(23)20-13-6-8-14(9-7-13)24-11-18(21)22/h2-9,16-17H,10-11H2,1H3,(H,20,23)(H,21,22). The van der Waals surface area contributed by atoms with E-state index in [0.29, 0.717) is 17.4 Å². The van der Waals surface area contributed by atoms with Crippen molar-refractivity contribution < 1.29 is 19.4 Å². The summed E-state index contributed by atoms with van der Waals surface area (Å²) in [4.78, 5) is 22.8. The molecule has 5 heteroatoms. The van der Waals surface area contributed by atoms with E-state index < -0.39 is 5.97 Å². The Bertz CT molecular complexity index is 754. The van der Waals surface area contributed by atoms with E-state index in [1.54, 1.807) is 24.3 Å². The Morgan fingerprint density at radius 3 is 2.54 bits per heavy atom. The van der Waals surface area contributed by atoms with Crippen LogP contribution in [0.5, 0.6) is 5.75 Å². The van der Waals surface area contributed by atoms with Crippen molar-refractivity contribution in [3.63, 3.8) is 0 Å². The number of amides is 1. The Morgan fingerprint density at radius 2 is 1.88 bits per heavy atom. The molecule has 0 aliphatic heterocycles. The predicted molar refractivity (Wildman–Crippen MR) is 90.2 cm³/mol. The average Bonchev–Trinajstić information content (AvgIpc) is 3.35. The molecule has 124 valence electrons. The summed E-state index contributed by atoms with van der Waals surface area (Å²) in [5, 5.41) is 11.5. The molecule has 0 spiro atoms. The molecule has 1 aliphatic carbocycles. The first-order valence-corrected chi connectivity index (χ1v) is 7.85. The molecule has 1 saturated carbocycles. The van der Waals surface area contributed by atoms with Crippen LogP contribution in [0.15, 0.2) is 48.5 Å². The van der Waals surface area contributed by atoms with Gasteiger partial charge in [0.2, 0.25) is 5.91 Å². The molecule has 0 heterocycles. The second kappa shape index (κ2) is 6.74. The van der Waals surface area contributed by atoms with Crippen LogP contribution in [0.25, 0.3) is 0 Å².